The van der Waals surface area contributed by atoms with Crippen LogP contribution in [0.25, 0.3) is 10.9 Å². The summed E-state index contributed by atoms with van der Waals surface area (Å²) in [5.41, 5.74) is 1.36. The first kappa shape index (κ1) is 17.2. The van der Waals surface area contributed by atoms with Gasteiger partial charge in [0.25, 0.3) is 15.9 Å². The molecule has 1 aliphatic rings. The van der Waals surface area contributed by atoms with Crippen molar-refractivity contribution in [3.63, 3.8) is 0 Å². The van der Waals surface area contributed by atoms with Gasteiger partial charge in [-0.3, -0.25) is 19.6 Å². The molecule has 2 aromatic carbocycles. The third-order valence-corrected chi connectivity index (χ3v) is 5.59. The largest absolute Gasteiger partial charge is 0.321 e. The number of nitrogens with zero attached hydrogens (tertiary/aromatic N) is 2. The van der Waals surface area contributed by atoms with Crippen molar-refractivity contribution in [1.82, 2.24) is 14.9 Å². The Hall–Kier alpha value is -3.20. The zero-order chi connectivity index (χ0) is 18.9. The number of para-hydroxylation sites is 1. The minimum absolute atomic E-state index is 0.0572. The summed E-state index contributed by atoms with van der Waals surface area (Å²) in [4.78, 5) is 16.7. The number of H-pyrrole nitrogens is 1. The maximum absolute atomic E-state index is 12.6. The summed E-state index contributed by atoms with van der Waals surface area (Å²) in [6.45, 7) is 0.631. The molecule has 138 valence electrons. The van der Waals surface area contributed by atoms with Gasteiger partial charge in [-0.05, 0) is 30.7 Å². The van der Waals surface area contributed by atoms with E-state index in [-0.39, 0.29) is 10.6 Å². The maximum atomic E-state index is 12.6. The molecule has 0 spiro atoms. The zero-order valence-corrected chi connectivity index (χ0v) is 15.1. The van der Waals surface area contributed by atoms with Crippen LogP contribution in [0.3, 0.4) is 0 Å². The molecule has 1 aliphatic heterocycles. The second-order valence-corrected chi connectivity index (χ2v) is 7.82. The van der Waals surface area contributed by atoms with Crippen molar-refractivity contribution >= 4 is 38.4 Å². The molecule has 1 amide bonds. The highest BCUT2D eigenvalue weighted by Gasteiger charge is 2.19. The monoisotopic (exact) mass is 383 g/mol. The van der Waals surface area contributed by atoms with E-state index in [0.29, 0.717) is 29.9 Å². The fourth-order valence-electron chi connectivity index (χ4n) is 2.90. The Morgan fingerprint density at radius 3 is 2.78 bits per heavy atom. The van der Waals surface area contributed by atoms with Crippen molar-refractivity contribution < 1.29 is 13.2 Å². The summed E-state index contributed by atoms with van der Waals surface area (Å²) in [7, 11) is -3.74. The number of carbonyl (C=O) groups excluding carboxylic acids is 1. The van der Waals surface area contributed by atoms with Crippen LogP contribution in [0.2, 0.25) is 0 Å². The van der Waals surface area contributed by atoms with E-state index in [9.17, 15) is 13.2 Å². The SMILES string of the molecule is O=C(Nc1cccc(S(=O)(=O)NC2=NCCC2)c1)c1n[nH]c2ccccc12. The van der Waals surface area contributed by atoms with Crippen LogP contribution in [0.5, 0.6) is 0 Å². The number of aromatic amines is 1. The molecule has 3 N–H and O–H groups in total. The van der Waals surface area contributed by atoms with Gasteiger partial charge in [0.05, 0.1) is 10.4 Å². The van der Waals surface area contributed by atoms with E-state index < -0.39 is 15.9 Å². The number of nitrogens with one attached hydrogen (secondary N) is 3. The standard InChI is InChI=1S/C18H17N5O3S/c24-18(17-14-7-1-2-8-15(14)21-22-17)20-12-5-3-6-13(11-12)27(25,26)23-16-9-4-10-19-16/h1-3,5-8,11H,4,9-10H2,(H,19,23)(H,20,24)(H,21,22). The molecule has 0 fully saturated rings. The van der Waals surface area contributed by atoms with Crippen LogP contribution in [0.4, 0.5) is 5.69 Å². The highest BCUT2D eigenvalue weighted by atomic mass is 32.2. The average molecular weight is 383 g/mol. The van der Waals surface area contributed by atoms with Gasteiger partial charge in [-0.15, -0.1) is 0 Å². The molecule has 3 aromatic rings. The summed E-state index contributed by atoms with van der Waals surface area (Å²) < 4.78 is 27.5. The van der Waals surface area contributed by atoms with Crippen LogP contribution in [0, 0.1) is 0 Å². The predicted molar refractivity (Wildman–Crippen MR) is 102 cm³/mol. The lowest BCUT2D eigenvalue weighted by atomic mass is 10.2. The first-order valence-electron chi connectivity index (χ1n) is 8.44. The van der Waals surface area contributed by atoms with Gasteiger partial charge in [0.1, 0.15) is 5.84 Å². The topological polar surface area (TPSA) is 116 Å². The van der Waals surface area contributed by atoms with Gasteiger partial charge in [-0.25, -0.2) is 8.42 Å². The number of hydrogen-bond donors (Lipinski definition) is 3. The van der Waals surface area contributed by atoms with Crippen molar-refractivity contribution in [2.24, 2.45) is 4.99 Å². The number of carbonyl (C=O) groups is 1. The summed E-state index contributed by atoms with van der Waals surface area (Å²) >= 11 is 0. The molecule has 0 bridgehead atoms. The second-order valence-electron chi connectivity index (χ2n) is 6.14. The lowest BCUT2D eigenvalue weighted by molar-refractivity contribution is 0.102. The Bertz CT molecular complexity index is 1150. The summed E-state index contributed by atoms with van der Waals surface area (Å²) in [6, 6.07) is 13.4. The van der Waals surface area contributed by atoms with Gasteiger partial charge in [0, 0.05) is 24.0 Å². The molecular formula is C18H17N5O3S. The number of anilines is 1. The van der Waals surface area contributed by atoms with Gasteiger partial charge in [-0.1, -0.05) is 24.3 Å². The van der Waals surface area contributed by atoms with Crippen LogP contribution in [-0.2, 0) is 10.0 Å². The molecule has 0 saturated carbocycles. The summed E-state index contributed by atoms with van der Waals surface area (Å²) in [6.07, 6.45) is 1.45. The zero-order valence-electron chi connectivity index (χ0n) is 14.3. The van der Waals surface area contributed by atoms with Gasteiger partial charge >= 0.3 is 0 Å². The van der Waals surface area contributed by atoms with E-state index >= 15 is 0 Å². The quantitative estimate of drug-likeness (QED) is 0.641. The van der Waals surface area contributed by atoms with Crippen molar-refractivity contribution in [2.75, 3.05) is 11.9 Å². The molecule has 2 heterocycles. The van der Waals surface area contributed by atoms with E-state index in [4.69, 9.17) is 0 Å². The molecule has 27 heavy (non-hydrogen) atoms. The number of amidine groups is 1. The number of fused-ring (bicyclic) bond motifs is 1. The Labute approximate surface area is 155 Å². The van der Waals surface area contributed by atoms with Crippen molar-refractivity contribution in [1.29, 1.82) is 0 Å². The van der Waals surface area contributed by atoms with Crippen LogP contribution in [0.15, 0.2) is 58.4 Å². The number of amides is 1. The van der Waals surface area contributed by atoms with E-state index in [2.05, 4.69) is 25.2 Å². The molecule has 8 nitrogen and oxygen atoms in total. The van der Waals surface area contributed by atoms with Crippen LogP contribution < -0.4 is 10.0 Å². The van der Waals surface area contributed by atoms with Crippen molar-refractivity contribution in [3.8, 4) is 0 Å². The van der Waals surface area contributed by atoms with Gasteiger partial charge in [0.15, 0.2) is 5.69 Å². The van der Waals surface area contributed by atoms with E-state index in [1.807, 2.05) is 18.2 Å². The first-order chi connectivity index (χ1) is 13.0. The fraction of sp³-hybridized carbons (Fsp3) is 0.167. The lowest BCUT2D eigenvalue weighted by Gasteiger charge is -2.09. The third kappa shape index (κ3) is 3.54. The Balaban J connectivity index is 1.56. The van der Waals surface area contributed by atoms with Crippen LogP contribution in [0.1, 0.15) is 23.3 Å². The van der Waals surface area contributed by atoms with Crippen LogP contribution >= 0.6 is 0 Å². The number of aromatic nitrogens is 2. The normalized spacial score (nSPS) is 14.1. The molecule has 4 rings (SSSR count). The fourth-order valence-corrected chi connectivity index (χ4v) is 4.04. The Morgan fingerprint density at radius 2 is 1.96 bits per heavy atom. The highest BCUT2D eigenvalue weighted by Crippen LogP contribution is 2.19. The maximum Gasteiger partial charge on any atom is 0.276 e. The minimum Gasteiger partial charge on any atom is -0.321 e. The molecule has 0 aliphatic carbocycles. The smallest absolute Gasteiger partial charge is 0.276 e. The molecule has 0 unspecified atom stereocenters. The van der Waals surface area contributed by atoms with Crippen molar-refractivity contribution in [3.05, 3.63) is 54.2 Å². The number of sulfonamides is 1. The highest BCUT2D eigenvalue weighted by molar-refractivity contribution is 7.90. The Kier molecular flexibility index (Phi) is 4.36. The molecule has 0 atom stereocenters. The minimum atomic E-state index is -3.74. The van der Waals surface area contributed by atoms with Gasteiger partial charge in [-0.2, -0.15) is 5.10 Å². The molecule has 9 heteroatoms. The molecule has 1 aromatic heterocycles. The summed E-state index contributed by atoms with van der Waals surface area (Å²) in [5.74, 6) is 0.0440. The molecular weight excluding hydrogens is 366 g/mol. The van der Waals surface area contributed by atoms with Crippen molar-refractivity contribution in [2.45, 2.75) is 17.7 Å². The number of benzene rings is 2. The Morgan fingerprint density at radius 1 is 1.11 bits per heavy atom. The second kappa shape index (κ2) is 6.84. The average Bonchev–Trinajstić information content (AvgIpc) is 3.31. The predicted octanol–water partition coefficient (Wildman–Crippen LogP) is 2.29. The van der Waals surface area contributed by atoms with Gasteiger partial charge < -0.3 is 5.32 Å². The van der Waals surface area contributed by atoms with E-state index in [1.165, 1.54) is 12.1 Å². The number of aliphatic imine (C=N–C) groups is 1. The number of rotatable bonds is 4. The molecule has 0 radical (unpaired) electrons. The molecule has 0 saturated heterocycles. The lowest BCUT2D eigenvalue weighted by Crippen LogP contribution is -2.29. The van der Waals surface area contributed by atoms with Gasteiger partial charge in [0.2, 0.25) is 0 Å². The van der Waals surface area contributed by atoms with E-state index in [0.717, 1.165) is 11.9 Å². The number of hydrogen-bond acceptors (Lipinski definition) is 5. The van der Waals surface area contributed by atoms with Crippen LogP contribution in [-0.4, -0.2) is 36.9 Å². The van der Waals surface area contributed by atoms with E-state index in [1.54, 1.807) is 18.2 Å². The summed E-state index contributed by atoms with van der Waals surface area (Å²) in [5, 5.41) is 10.2. The third-order valence-electron chi connectivity index (χ3n) is 4.21. The first-order valence-corrected chi connectivity index (χ1v) is 9.92.